The molecule has 102 valence electrons. The standard InChI is InChI=1S/C12H22N4OS/c1-2-6-13-12-15-14-11(18-12)9-16(7-8-17)10-4-3-5-10/h10,17H,2-9H2,1H3,(H,13,15). The molecular formula is C12H22N4OS. The Balaban J connectivity index is 1.87. The predicted octanol–water partition coefficient (Wildman–Crippen LogP) is 1.71. The monoisotopic (exact) mass is 270 g/mol. The molecule has 0 unspecified atom stereocenters. The molecule has 0 atom stereocenters. The fourth-order valence-electron chi connectivity index (χ4n) is 2.07. The Kier molecular flexibility index (Phi) is 5.34. The van der Waals surface area contributed by atoms with Gasteiger partial charge in [-0.2, -0.15) is 0 Å². The van der Waals surface area contributed by atoms with Crippen LogP contribution in [-0.4, -0.2) is 45.9 Å². The molecule has 5 nitrogen and oxygen atoms in total. The van der Waals surface area contributed by atoms with Gasteiger partial charge in [-0.05, 0) is 19.3 Å². The van der Waals surface area contributed by atoms with Crippen molar-refractivity contribution in [2.75, 3.05) is 25.0 Å². The van der Waals surface area contributed by atoms with Gasteiger partial charge >= 0.3 is 0 Å². The first-order valence-electron chi connectivity index (χ1n) is 6.74. The van der Waals surface area contributed by atoms with Crippen molar-refractivity contribution >= 4 is 16.5 Å². The van der Waals surface area contributed by atoms with E-state index in [9.17, 15) is 0 Å². The molecule has 0 aliphatic heterocycles. The third-order valence-electron chi connectivity index (χ3n) is 3.31. The number of aliphatic hydroxyl groups is 1. The van der Waals surface area contributed by atoms with Crippen molar-refractivity contribution in [3.63, 3.8) is 0 Å². The van der Waals surface area contributed by atoms with E-state index in [4.69, 9.17) is 5.11 Å². The molecule has 1 aliphatic rings. The van der Waals surface area contributed by atoms with E-state index in [2.05, 4.69) is 27.3 Å². The Morgan fingerprint density at radius 2 is 2.28 bits per heavy atom. The quantitative estimate of drug-likeness (QED) is 0.753. The molecule has 0 aromatic carbocycles. The fourth-order valence-corrected chi connectivity index (χ4v) is 2.86. The lowest BCUT2D eigenvalue weighted by molar-refractivity contribution is 0.0943. The summed E-state index contributed by atoms with van der Waals surface area (Å²) in [4.78, 5) is 2.33. The second-order valence-electron chi connectivity index (χ2n) is 4.71. The molecule has 1 aliphatic carbocycles. The molecule has 18 heavy (non-hydrogen) atoms. The molecule has 6 heteroatoms. The lowest BCUT2D eigenvalue weighted by atomic mass is 9.91. The number of aromatic nitrogens is 2. The topological polar surface area (TPSA) is 61.3 Å². The van der Waals surface area contributed by atoms with E-state index in [1.54, 1.807) is 11.3 Å². The van der Waals surface area contributed by atoms with Crippen LogP contribution in [0.3, 0.4) is 0 Å². The van der Waals surface area contributed by atoms with Crippen molar-refractivity contribution in [3.05, 3.63) is 5.01 Å². The molecule has 1 fully saturated rings. The van der Waals surface area contributed by atoms with E-state index in [-0.39, 0.29) is 6.61 Å². The highest BCUT2D eigenvalue weighted by Crippen LogP contribution is 2.27. The zero-order chi connectivity index (χ0) is 12.8. The van der Waals surface area contributed by atoms with Crippen molar-refractivity contribution in [1.29, 1.82) is 0 Å². The summed E-state index contributed by atoms with van der Waals surface area (Å²) in [6.07, 6.45) is 4.90. The molecule has 1 aromatic rings. The van der Waals surface area contributed by atoms with Gasteiger partial charge in [0.15, 0.2) is 0 Å². The van der Waals surface area contributed by atoms with Crippen LogP contribution in [-0.2, 0) is 6.54 Å². The first kappa shape index (κ1) is 13.7. The molecule has 2 N–H and O–H groups in total. The van der Waals surface area contributed by atoms with Gasteiger partial charge in [0.1, 0.15) is 5.01 Å². The summed E-state index contributed by atoms with van der Waals surface area (Å²) in [5.74, 6) is 0. The third kappa shape index (κ3) is 3.63. The van der Waals surface area contributed by atoms with Crippen LogP contribution in [0.5, 0.6) is 0 Å². The second-order valence-corrected chi connectivity index (χ2v) is 5.77. The number of hydrogen-bond donors (Lipinski definition) is 2. The van der Waals surface area contributed by atoms with Gasteiger partial charge in [-0.1, -0.05) is 24.7 Å². The first-order valence-corrected chi connectivity index (χ1v) is 7.56. The van der Waals surface area contributed by atoms with Gasteiger partial charge in [0.2, 0.25) is 5.13 Å². The van der Waals surface area contributed by atoms with E-state index in [1.165, 1.54) is 19.3 Å². The Morgan fingerprint density at radius 1 is 1.44 bits per heavy atom. The number of hydrogen-bond acceptors (Lipinski definition) is 6. The minimum atomic E-state index is 0.218. The highest BCUT2D eigenvalue weighted by atomic mass is 32.1. The van der Waals surface area contributed by atoms with Crippen molar-refractivity contribution < 1.29 is 5.11 Å². The average Bonchev–Trinajstić information content (AvgIpc) is 2.72. The van der Waals surface area contributed by atoms with E-state index in [0.717, 1.165) is 36.2 Å². The summed E-state index contributed by atoms with van der Waals surface area (Å²) >= 11 is 1.62. The summed E-state index contributed by atoms with van der Waals surface area (Å²) in [6, 6.07) is 0.633. The maximum Gasteiger partial charge on any atom is 0.205 e. The number of rotatable bonds is 8. The number of nitrogens with zero attached hydrogens (tertiary/aromatic N) is 3. The van der Waals surface area contributed by atoms with E-state index >= 15 is 0 Å². The summed E-state index contributed by atoms with van der Waals surface area (Å²) in [5.41, 5.74) is 0. The van der Waals surface area contributed by atoms with Gasteiger partial charge in [-0.15, -0.1) is 10.2 Å². The third-order valence-corrected chi connectivity index (χ3v) is 4.18. The number of aliphatic hydroxyl groups excluding tert-OH is 1. The maximum absolute atomic E-state index is 9.12. The van der Waals surface area contributed by atoms with Crippen LogP contribution in [0.4, 0.5) is 5.13 Å². The fraction of sp³-hybridized carbons (Fsp3) is 0.833. The molecule has 1 saturated carbocycles. The second kappa shape index (κ2) is 7.01. The lowest BCUT2D eigenvalue weighted by Crippen LogP contribution is -2.41. The van der Waals surface area contributed by atoms with Gasteiger partial charge in [0, 0.05) is 19.1 Å². The minimum absolute atomic E-state index is 0.218. The summed E-state index contributed by atoms with van der Waals surface area (Å²) in [7, 11) is 0. The van der Waals surface area contributed by atoms with Gasteiger partial charge in [-0.25, -0.2) is 0 Å². The molecule has 0 saturated heterocycles. The molecule has 0 amide bonds. The molecule has 2 rings (SSSR count). The smallest absolute Gasteiger partial charge is 0.205 e. The molecule has 1 aromatic heterocycles. The van der Waals surface area contributed by atoms with Crippen LogP contribution in [0.15, 0.2) is 0 Å². The van der Waals surface area contributed by atoms with Crippen molar-refractivity contribution in [2.24, 2.45) is 0 Å². The average molecular weight is 270 g/mol. The Bertz CT molecular complexity index is 354. The number of anilines is 1. The van der Waals surface area contributed by atoms with Crippen LogP contribution < -0.4 is 5.32 Å². The highest BCUT2D eigenvalue weighted by molar-refractivity contribution is 7.15. The van der Waals surface area contributed by atoms with Gasteiger partial charge in [0.05, 0.1) is 13.2 Å². The normalized spacial score (nSPS) is 15.9. The number of nitrogens with one attached hydrogen (secondary N) is 1. The molecule has 0 radical (unpaired) electrons. The first-order chi connectivity index (χ1) is 8.83. The molecule has 1 heterocycles. The van der Waals surface area contributed by atoms with Crippen molar-refractivity contribution in [3.8, 4) is 0 Å². The predicted molar refractivity (Wildman–Crippen MR) is 73.8 cm³/mol. The molecule has 0 spiro atoms. The van der Waals surface area contributed by atoms with Crippen LogP contribution in [0.2, 0.25) is 0 Å². The van der Waals surface area contributed by atoms with Crippen LogP contribution in [0, 0.1) is 0 Å². The molecular weight excluding hydrogens is 248 g/mol. The van der Waals surface area contributed by atoms with Crippen LogP contribution in [0.25, 0.3) is 0 Å². The SMILES string of the molecule is CCCNc1nnc(CN(CCO)C2CCC2)s1. The van der Waals surface area contributed by atoms with Crippen LogP contribution >= 0.6 is 11.3 Å². The van der Waals surface area contributed by atoms with E-state index in [1.807, 2.05) is 0 Å². The van der Waals surface area contributed by atoms with Gasteiger partial charge in [0.25, 0.3) is 0 Å². The van der Waals surface area contributed by atoms with Crippen LogP contribution in [0.1, 0.15) is 37.6 Å². The Morgan fingerprint density at radius 3 is 2.89 bits per heavy atom. The van der Waals surface area contributed by atoms with Crippen molar-refractivity contribution in [1.82, 2.24) is 15.1 Å². The summed E-state index contributed by atoms with van der Waals surface area (Å²) < 4.78 is 0. The largest absolute Gasteiger partial charge is 0.395 e. The lowest BCUT2D eigenvalue weighted by Gasteiger charge is -2.36. The van der Waals surface area contributed by atoms with E-state index in [0.29, 0.717) is 6.04 Å². The van der Waals surface area contributed by atoms with Gasteiger partial charge in [-0.3, -0.25) is 4.90 Å². The molecule has 0 bridgehead atoms. The summed E-state index contributed by atoms with van der Waals surface area (Å²) in [6.45, 7) is 4.85. The van der Waals surface area contributed by atoms with Crippen molar-refractivity contribution in [2.45, 2.75) is 45.2 Å². The Labute approximate surface area is 112 Å². The van der Waals surface area contributed by atoms with Gasteiger partial charge < -0.3 is 10.4 Å². The minimum Gasteiger partial charge on any atom is -0.395 e. The zero-order valence-corrected chi connectivity index (χ0v) is 11.7. The van der Waals surface area contributed by atoms with E-state index < -0.39 is 0 Å². The zero-order valence-electron chi connectivity index (χ0n) is 10.9. The summed E-state index contributed by atoms with van der Waals surface area (Å²) in [5, 5.41) is 22.7. The maximum atomic E-state index is 9.12. The highest BCUT2D eigenvalue weighted by Gasteiger charge is 2.25. The Hall–Kier alpha value is -0.720.